The van der Waals surface area contributed by atoms with Crippen molar-refractivity contribution >= 4 is 29.1 Å². The molecule has 5 heteroatoms. The van der Waals surface area contributed by atoms with Gasteiger partial charge in [0.25, 0.3) is 5.91 Å². The second-order valence-electron chi connectivity index (χ2n) is 4.56. The van der Waals surface area contributed by atoms with E-state index in [4.69, 9.17) is 27.9 Å². The number of ether oxygens (including phenoxy) is 1. The quantitative estimate of drug-likeness (QED) is 0.893. The smallest absolute Gasteiger partial charge is 0.258 e. The van der Waals surface area contributed by atoms with Crippen LogP contribution in [-0.4, -0.2) is 12.5 Å². The molecule has 0 radical (unpaired) electrons. The lowest BCUT2D eigenvalue weighted by Crippen LogP contribution is -2.31. The van der Waals surface area contributed by atoms with Crippen LogP contribution in [0.5, 0.6) is 5.75 Å². The highest BCUT2D eigenvalue weighted by molar-refractivity contribution is 6.32. The molecule has 2 aromatic rings. The first kappa shape index (κ1) is 15.7. The molecule has 1 N–H and O–H groups in total. The lowest BCUT2D eigenvalue weighted by Gasteiger charge is -2.15. The molecule has 1 amide bonds. The van der Waals surface area contributed by atoms with E-state index in [0.717, 1.165) is 5.56 Å². The van der Waals surface area contributed by atoms with Gasteiger partial charge in [0.2, 0.25) is 0 Å². The Morgan fingerprint density at radius 3 is 2.67 bits per heavy atom. The summed E-state index contributed by atoms with van der Waals surface area (Å²) in [6, 6.07) is 14.3. The average molecular weight is 324 g/mol. The number of benzene rings is 2. The van der Waals surface area contributed by atoms with Gasteiger partial charge in [-0.3, -0.25) is 4.79 Å². The molecule has 0 bridgehead atoms. The topological polar surface area (TPSA) is 38.3 Å². The molecule has 0 spiro atoms. The number of amides is 1. The fourth-order valence-electron chi connectivity index (χ4n) is 1.85. The van der Waals surface area contributed by atoms with Crippen LogP contribution in [0.1, 0.15) is 18.5 Å². The summed E-state index contributed by atoms with van der Waals surface area (Å²) in [6.45, 7) is 1.80. The Labute approximate surface area is 133 Å². The number of para-hydroxylation sites is 1. The SMILES string of the molecule is CC(NC(=O)COc1ccccc1Cl)c1cccc(Cl)c1. The van der Waals surface area contributed by atoms with Gasteiger partial charge in [0.05, 0.1) is 11.1 Å². The van der Waals surface area contributed by atoms with E-state index < -0.39 is 0 Å². The molecule has 1 unspecified atom stereocenters. The van der Waals surface area contributed by atoms with Crippen molar-refractivity contribution in [3.63, 3.8) is 0 Å². The fraction of sp³-hybridized carbons (Fsp3) is 0.188. The van der Waals surface area contributed by atoms with Crippen LogP contribution >= 0.6 is 23.2 Å². The van der Waals surface area contributed by atoms with Crippen molar-refractivity contribution in [2.24, 2.45) is 0 Å². The van der Waals surface area contributed by atoms with Crippen LogP contribution in [0.25, 0.3) is 0 Å². The van der Waals surface area contributed by atoms with Gasteiger partial charge < -0.3 is 10.1 Å². The van der Waals surface area contributed by atoms with Crippen molar-refractivity contribution in [2.45, 2.75) is 13.0 Å². The third kappa shape index (κ3) is 4.66. The maximum absolute atomic E-state index is 11.9. The third-order valence-electron chi connectivity index (χ3n) is 2.92. The Balaban J connectivity index is 1.89. The predicted molar refractivity (Wildman–Crippen MR) is 85.0 cm³/mol. The summed E-state index contributed by atoms with van der Waals surface area (Å²) in [6.07, 6.45) is 0. The second kappa shape index (κ2) is 7.34. The molecule has 0 fully saturated rings. The molecule has 0 aromatic heterocycles. The normalized spacial score (nSPS) is 11.8. The summed E-state index contributed by atoms with van der Waals surface area (Å²) in [7, 11) is 0. The summed E-state index contributed by atoms with van der Waals surface area (Å²) in [5.41, 5.74) is 0.939. The van der Waals surface area contributed by atoms with Gasteiger partial charge in [-0.15, -0.1) is 0 Å². The van der Waals surface area contributed by atoms with E-state index in [1.807, 2.05) is 25.1 Å². The molecule has 0 aliphatic heterocycles. The number of halogens is 2. The number of nitrogens with one attached hydrogen (secondary N) is 1. The van der Waals surface area contributed by atoms with E-state index >= 15 is 0 Å². The van der Waals surface area contributed by atoms with Gasteiger partial charge in [-0.1, -0.05) is 47.5 Å². The Morgan fingerprint density at radius 1 is 1.19 bits per heavy atom. The average Bonchev–Trinajstić information content (AvgIpc) is 2.46. The van der Waals surface area contributed by atoms with Crippen LogP contribution in [0.4, 0.5) is 0 Å². The van der Waals surface area contributed by atoms with E-state index in [-0.39, 0.29) is 18.6 Å². The van der Waals surface area contributed by atoms with Crippen molar-refractivity contribution in [1.82, 2.24) is 5.32 Å². The van der Waals surface area contributed by atoms with Gasteiger partial charge in [-0.2, -0.15) is 0 Å². The molecule has 21 heavy (non-hydrogen) atoms. The zero-order valence-electron chi connectivity index (χ0n) is 11.5. The Kier molecular flexibility index (Phi) is 5.48. The molecule has 0 heterocycles. The molecule has 0 aliphatic carbocycles. The van der Waals surface area contributed by atoms with E-state index in [1.165, 1.54) is 0 Å². The first-order valence-corrected chi connectivity index (χ1v) is 7.24. The summed E-state index contributed by atoms with van der Waals surface area (Å²) in [4.78, 5) is 11.9. The van der Waals surface area contributed by atoms with Gasteiger partial charge in [0.15, 0.2) is 6.61 Å². The Hall–Kier alpha value is -1.71. The molecule has 0 saturated carbocycles. The summed E-state index contributed by atoms with van der Waals surface area (Å²) < 4.78 is 5.39. The number of hydrogen-bond acceptors (Lipinski definition) is 2. The van der Waals surface area contributed by atoms with Crippen molar-refractivity contribution in [3.05, 3.63) is 64.1 Å². The number of carbonyl (C=O) groups is 1. The largest absolute Gasteiger partial charge is 0.482 e. The van der Waals surface area contributed by atoms with Crippen LogP contribution in [0.3, 0.4) is 0 Å². The van der Waals surface area contributed by atoms with Gasteiger partial charge in [-0.25, -0.2) is 0 Å². The van der Waals surface area contributed by atoms with Crippen LogP contribution in [0, 0.1) is 0 Å². The maximum Gasteiger partial charge on any atom is 0.258 e. The monoisotopic (exact) mass is 323 g/mol. The number of hydrogen-bond donors (Lipinski definition) is 1. The van der Waals surface area contributed by atoms with Crippen LogP contribution in [0.2, 0.25) is 10.0 Å². The highest BCUT2D eigenvalue weighted by Gasteiger charge is 2.11. The van der Waals surface area contributed by atoms with E-state index in [2.05, 4.69) is 5.32 Å². The first-order valence-electron chi connectivity index (χ1n) is 6.48. The molecule has 0 saturated heterocycles. The first-order chi connectivity index (χ1) is 10.1. The maximum atomic E-state index is 11.9. The minimum atomic E-state index is -0.220. The number of carbonyl (C=O) groups excluding carboxylic acids is 1. The molecule has 3 nitrogen and oxygen atoms in total. The van der Waals surface area contributed by atoms with E-state index in [1.54, 1.807) is 30.3 Å². The highest BCUT2D eigenvalue weighted by atomic mass is 35.5. The lowest BCUT2D eigenvalue weighted by atomic mass is 10.1. The predicted octanol–water partition coefficient (Wildman–Crippen LogP) is 4.25. The van der Waals surface area contributed by atoms with Crippen molar-refractivity contribution in [3.8, 4) is 5.75 Å². The molecule has 0 aliphatic rings. The van der Waals surface area contributed by atoms with Gasteiger partial charge in [0, 0.05) is 5.02 Å². The molecule has 2 aromatic carbocycles. The van der Waals surface area contributed by atoms with E-state index in [0.29, 0.717) is 15.8 Å². The van der Waals surface area contributed by atoms with Crippen LogP contribution in [-0.2, 0) is 4.79 Å². The van der Waals surface area contributed by atoms with Crippen molar-refractivity contribution in [1.29, 1.82) is 0 Å². The van der Waals surface area contributed by atoms with Gasteiger partial charge in [0.1, 0.15) is 5.75 Å². The standard InChI is InChI=1S/C16H15Cl2NO2/c1-11(12-5-4-6-13(17)9-12)19-16(20)10-21-15-8-3-2-7-14(15)18/h2-9,11H,10H2,1H3,(H,19,20). The minimum absolute atomic E-state index is 0.0887. The molecule has 110 valence electrons. The van der Waals surface area contributed by atoms with Gasteiger partial charge >= 0.3 is 0 Å². The zero-order chi connectivity index (χ0) is 15.2. The lowest BCUT2D eigenvalue weighted by molar-refractivity contribution is -0.123. The van der Waals surface area contributed by atoms with Crippen molar-refractivity contribution in [2.75, 3.05) is 6.61 Å². The summed E-state index contributed by atoms with van der Waals surface area (Å²) >= 11 is 11.9. The number of rotatable bonds is 5. The fourth-order valence-corrected chi connectivity index (χ4v) is 2.24. The Morgan fingerprint density at radius 2 is 1.95 bits per heavy atom. The minimum Gasteiger partial charge on any atom is -0.482 e. The van der Waals surface area contributed by atoms with Crippen LogP contribution in [0.15, 0.2) is 48.5 Å². The summed E-state index contributed by atoms with van der Waals surface area (Å²) in [5.74, 6) is 0.270. The van der Waals surface area contributed by atoms with Crippen molar-refractivity contribution < 1.29 is 9.53 Å². The molecular weight excluding hydrogens is 309 g/mol. The molecule has 1 atom stereocenters. The third-order valence-corrected chi connectivity index (χ3v) is 3.47. The summed E-state index contributed by atoms with van der Waals surface area (Å²) in [5, 5.41) is 3.97. The Bertz CT molecular complexity index is 631. The second-order valence-corrected chi connectivity index (χ2v) is 5.41. The van der Waals surface area contributed by atoms with Gasteiger partial charge in [-0.05, 0) is 36.8 Å². The molecular formula is C16H15Cl2NO2. The van der Waals surface area contributed by atoms with Crippen LogP contribution < -0.4 is 10.1 Å². The zero-order valence-corrected chi connectivity index (χ0v) is 13.0. The molecule has 2 rings (SSSR count). The highest BCUT2D eigenvalue weighted by Crippen LogP contribution is 2.23. The van der Waals surface area contributed by atoms with E-state index in [9.17, 15) is 4.79 Å².